The molecule has 1 heterocycles. The highest BCUT2D eigenvalue weighted by molar-refractivity contribution is 6.31. The standard InChI is InChI=1S/C14H16ClF3N2O/c1-2-19-12-4-3-5-20(13(12)21)11-7-9(14(16,17)18)6-10(15)8-11/h6-8,12,19H,2-5H2,1H3. The molecule has 2 rings (SSSR count). The molecule has 1 unspecified atom stereocenters. The van der Waals surface area contributed by atoms with Crippen LogP contribution in [0.25, 0.3) is 0 Å². The van der Waals surface area contributed by atoms with Gasteiger partial charge in [-0.05, 0) is 37.6 Å². The summed E-state index contributed by atoms with van der Waals surface area (Å²) in [6, 6.07) is 2.87. The molecular formula is C14H16ClF3N2O. The van der Waals surface area contributed by atoms with Crippen LogP contribution in [0.15, 0.2) is 18.2 Å². The zero-order valence-corrected chi connectivity index (χ0v) is 12.3. The molecule has 21 heavy (non-hydrogen) atoms. The van der Waals surface area contributed by atoms with Gasteiger partial charge in [0, 0.05) is 17.3 Å². The minimum absolute atomic E-state index is 0.0294. The SMILES string of the molecule is CCNC1CCCN(c2cc(Cl)cc(C(F)(F)F)c2)C1=O. The molecule has 116 valence electrons. The fourth-order valence-corrected chi connectivity index (χ4v) is 2.69. The monoisotopic (exact) mass is 320 g/mol. The van der Waals surface area contributed by atoms with Crippen molar-refractivity contribution < 1.29 is 18.0 Å². The molecular weight excluding hydrogens is 305 g/mol. The maximum Gasteiger partial charge on any atom is 0.416 e. The summed E-state index contributed by atoms with van der Waals surface area (Å²) in [6.45, 7) is 2.92. The first kappa shape index (κ1) is 16.1. The molecule has 3 nitrogen and oxygen atoms in total. The number of hydrogen-bond donors (Lipinski definition) is 1. The van der Waals surface area contributed by atoms with Crippen molar-refractivity contribution >= 4 is 23.2 Å². The average molecular weight is 321 g/mol. The summed E-state index contributed by atoms with van der Waals surface area (Å²) in [5.41, 5.74) is -0.647. The third-order valence-corrected chi connectivity index (χ3v) is 3.63. The lowest BCUT2D eigenvalue weighted by atomic mass is 10.0. The van der Waals surface area contributed by atoms with Crippen molar-refractivity contribution in [2.45, 2.75) is 32.0 Å². The van der Waals surface area contributed by atoms with Gasteiger partial charge >= 0.3 is 6.18 Å². The number of amides is 1. The molecule has 1 saturated heterocycles. The van der Waals surface area contributed by atoms with Gasteiger partial charge in [0.05, 0.1) is 11.6 Å². The highest BCUT2D eigenvalue weighted by Gasteiger charge is 2.34. The number of carbonyl (C=O) groups excluding carboxylic acids is 1. The van der Waals surface area contributed by atoms with Crippen LogP contribution in [-0.2, 0) is 11.0 Å². The number of halogens is 4. The van der Waals surface area contributed by atoms with E-state index in [0.717, 1.165) is 18.6 Å². The molecule has 0 saturated carbocycles. The third-order valence-electron chi connectivity index (χ3n) is 3.41. The Labute approximate surface area is 126 Å². The maximum absolute atomic E-state index is 12.8. The Morgan fingerprint density at radius 1 is 1.38 bits per heavy atom. The van der Waals surface area contributed by atoms with E-state index in [1.807, 2.05) is 6.92 Å². The number of carbonyl (C=O) groups is 1. The topological polar surface area (TPSA) is 32.3 Å². The quantitative estimate of drug-likeness (QED) is 0.925. The van der Waals surface area contributed by atoms with Gasteiger partial charge in [-0.25, -0.2) is 0 Å². The van der Waals surface area contributed by atoms with Gasteiger partial charge in [-0.15, -0.1) is 0 Å². The van der Waals surface area contributed by atoms with E-state index in [1.54, 1.807) is 0 Å². The first-order valence-corrected chi connectivity index (χ1v) is 7.13. The summed E-state index contributed by atoms with van der Waals surface area (Å²) in [6.07, 6.45) is -3.06. The first-order chi connectivity index (χ1) is 9.82. The van der Waals surface area contributed by atoms with Crippen LogP contribution < -0.4 is 10.2 Å². The largest absolute Gasteiger partial charge is 0.416 e. The van der Waals surface area contributed by atoms with E-state index in [4.69, 9.17) is 11.6 Å². The number of benzene rings is 1. The predicted molar refractivity (Wildman–Crippen MR) is 75.5 cm³/mol. The second-order valence-electron chi connectivity index (χ2n) is 4.94. The Balaban J connectivity index is 2.32. The Morgan fingerprint density at radius 2 is 2.10 bits per heavy atom. The number of nitrogens with one attached hydrogen (secondary N) is 1. The second-order valence-corrected chi connectivity index (χ2v) is 5.37. The Hall–Kier alpha value is -1.27. The number of anilines is 1. The van der Waals surface area contributed by atoms with E-state index in [9.17, 15) is 18.0 Å². The van der Waals surface area contributed by atoms with Gasteiger partial charge in [0.2, 0.25) is 5.91 Å². The molecule has 1 atom stereocenters. The third kappa shape index (κ3) is 3.68. The zero-order chi connectivity index (χ0) is 15.6. The fraction of sp³-hybridized carbons (Fsp3) is 0.500. The first-order valence-electron chi connectivity index (χ1n) is 6.75. The molecule has 0 aliphatic carbocycles. The number of alkyl halides is 3. The Kier molecular flexibility index (Phi) is 4.78. The van der Waals surface area contributed by atoms with Gasteiger partial charge < -0.3 is 10.2 Å². The number of rotatable bonds is 3. The van der Waals surface area contributed by atoms with E-state index < -0.39 is 11.7 Å². The number of likely N-dealkylation sites (N-methyl/N-ethyl adjacent to an activating group) is 1. The van der Waals surface area contributed by atoms with Crippen LogP contribution in [0, 0.1) is 0 Å². The van der Waals surface area contributed by atoms with Crippen molar-refractivity contribution in [1.29, 1.82) is 0 Å². The predicted octanol–water partition coefficient (Wildman–Crippen LogP) is 3.46. The maximum atomic E-state index is 12.8. The molecule has 1 aromatic carbocycles. The van der Waals surface area contributed by atoms with Crippen molar-refractivity contribution in [1.82, 2.24) is 5.32 Å². The number of nitrogens with zero attached hydrogens (tertiary/aromatic N) is 1. The normalized spacial score (nSPS) is 20.0. The lowest BCUT2D eigenvalue weighted by molar-refractivity contribution is -0.137. The molecule has 7 heteroatoms. The second kappa shape index (κ2) is 6.23. The fourth-order valence-electron chi connectivity index (χ4n) is 2.46. The summed E-state index contributed by atoms with van der Waals surface area (Å²) in [5.74, 6) is -0.210. The van der Waals surface area contributed by atoms with Crippen LogP contribution in [0.3, 0.4) is 0 Å². The molecule has 1 fully saturated rings. The smallest absolute Gasteiger partial charge is 0.311 e. The average Bonchev–Trinajstić information content (AvgIpc) is 2.39. The van der Waals surface area contributed by atoms with E-state index in [2.05, 4.69) is 5.32 Å². The highest BCUT2D eigenvalue weighted by atomic mass is 35.5. The molecule has 1 amide bonds. The van der Waals surface area contributed by atoms with Crippen LogP contribution in [0.5, 0.6) is 0 Å². The number of hydrogen-bond acceptors (Lipinski definition) is 2. The van der Waals surface area contributed by atoms with Gasteiger partial charge in [-0.2, -0.15) is 13.2 Å². The molecule has 0 aromatic heterocycles. The molecule has 0 radical (unpaired) electrons. The Bertz CT molecular complexity index is 531. The summed E-state index contributed by atoms with van der Waals surface area (Å²) < 4.78 is 38.5. The van der Waals surface area contributed by atoms with Gasteiger partial charge in [0.15, 0.2) is 0 Å². The summed E-state index contributed by atoms with van der Waals surface area (Å²) >= 11 is 5.77. The van der Waals surface area contributed by atoms with Gasteiger partial charge in [-0.3, -0.25) is 4.79 Å². The minimum atomic E-state index is -4.49. The van der Waals surface area contributed by atoms with Crippen molar-refractivity contribution in [3.8, 4) is 0 Å². The van der Waals surface area contributed by atoms with Crippen LogP contribution in [-0.4, -0.2) is 25.0 Å². The molecule has 1 aliphatic rings. The van der Waals surface area contributed by atoms with Crippen molar-refractivity contribution in [2.75, 3.05) is 18.0 Å². The lowest BCUT2D eigenvalue weighted by Crippen LogP contribution is -2.50. The summed E-state index contributed by atoms with van der Waals surface area (Å²) in [4.78, 5) is 13.7. The van der Waals surface area contributed by atoms with Crippen molar-refractivity contribution in [2.24, 2.45) is 0 Å². The molecule has 1 aliphatic heterocycles. The van der Waals surface area contributed by atoms with E-state index in [1.165, 1.54) is 11.0 Å². The van der Waals surface area contributed by atoms with Crippen LogP contribution in [0.2, 0.25) is 5.02 Å². The van der Waals surface area contributed by atoms with E-state index in [0.29, 0.717) is 19.5 Å². The lowest BCUT2D eigenvalue weighted by Gasteiger charge is -2.33. The highest BCUT2D eigenvalue weighted by Crippen LogP contribution is 2.35. The molecule has 1 N–H and O–H groups in total. The molecule has 1 aromatic rings. The minimum Gasteiger partial charge on any atom is -0.311 e. The van der Waals surface area contributed by atoms with E-state index in [-0.39, 0.29) is 22.7 Å². The molecule has 0 bridgehead atoms. The van der Waals surface area contributed by atoms with Crippen LogP contribution >= 0.6 is 11.6 Å². The molecule has 0 spiro atoms. The van der Waals surface area contributed by atoms with Crippen LogP contribution in [0.4, 0.5) is 18.9 Å². The van der Waals surface area contributed by atoms with Crippen LogP contribution in [0.1, 0.15) is 25.3 Å². The van der Waals surface area contributed by atoms with Crippen molar-refractivity contribution in [3.05, 3.63) is 28.8 Å². The number of piperidine rings is 1. The zero-order valence-electron chi connectivity index (χ0n) is 11.5. The van der Waals surface area contributed by atoms with Gasteiger partial charge in [-0.1, -0.05) is 18.5 Å². The summed E-state index contributed by atoms with van der Waals surface area (Å²) in [7, 11) is 0. The van der Waals surface area contributed by atoms with Crippen molar-refractivity contribution in [3.63, 3.8) is 0 Å². The van der Waals surface area contributed by atoms with Gasteiger partial charge in [0.25, 0.3) is 0 Å². The van der Waals surface area contributed by atoms with Gasteiger partial charge in [0.1, 0.15) is 0 Å². The summed E-state index contributed by atoms with van der Waals surface area (Å²) in [5, 5.41) is 3.02. The Morgan fingerprint density at radius 3 is 2.71 bits per heavy atom. The van der Waals surface area contributed by atoms with E-state index >= 15 is 0 Å².